The van der Waals surface area contributed by atoms with E-state index >= 15 is 0 Å². The van der Waals surface area contributed by atoms with E-state index in [4.69, 9.17) is 10.4 Å². The summed E-state index contributed by atoms with van der Waals surface area (Å²) in [7, 11) is 1.56. The molecule has 0 spiro atoms. The Balaban J connectivity index is 3.05. The lowest BCUT2D eigenvalue weighted by Crippen LogP contribution is -2.28. The Morgan fingerprint density at radius 2 is 2.10 bits per heavy atom. The van der Waals surface area contributed by atoms with E-state index in [0.717, 1.165) is 12.1 Å². The summed E-state index contributed by atoms with van der Waals surface area (Å²) < 4.78 is 37.9. The number of hydrogen-bond acceptors (Lipinski definition) is 3. The van der Waals surface area contributed by atoms with Crippen molar-refractivity contribution in [1.82, 2.24) is 0 Å². The third-order valence-corrected chi connectivity index (χ3v) is 2.84. The van der Waals surface area contributed by atoms with E-state index < -0.39 is 29.2 Å². The lowest BCUT2D eigenvalue weighted by Gasteiger charge is -2.22. The molecule has 4 nitrogen and oxygen atoms in total. The topological polar surface area (TPSA) is 64.3 Å². The average Bonchev–Trinajstić information content (AvgIpc) is 2.36. The summed E-state index contributed by atoms with van der Waals surface area (Å²) in [4.78, 5) is 12.2. The molecule has 0 aliphatic heterocycles. The normalized spacial score (nSPS) is 12.6. The van der Waals surface area contributed by atoms with Gasteiger partial charge in [0.15, 0.2) is 0 Å². The van der Waals surface area contributed by atoms with Gasteiger partial charge in [-0.2, -0.15) is 18.4 Å². The molecule has 0 aliphatic rings. The minimum atomic E-state index is -4.59. The molecule has 20 heavy (non-hydrogen) atoms. The van der Waals surface area contributed by atoms with Crippen molar-refractivity contribution in [3.63, 3.8) is 0 Å². The predicted octanol–water partition coefficient (Wildman–Crippen LogP) is 2.73. The Kier molecular flexibility index (Phi) is 4.61. The summed E-state index contributed by atoms with van der Waals surface area (Å²) in [6.45, 7) is 1.62. The molecule has 0 saturated carbocycles. The van der Waals surface area contributed by atoms with Crippen LogP contribution < -0.4 is 4.90 Å². The smallest absolute Gasteiger partial charge is 0.417 e. The minimum Gasteiger partial charge on any atom is -0.481 e. The Morgan fingerprint density at radius 1 is 1.50 bits per heavy atom. The number of hydrogen-bond donors (Lipinski definition) is 1. The SMILES string of the molecule is CC(CN(C)c1ccc(C(F)(F)F)c(C#N)c1)C(=O)O. The number of carboxylic acid groups (broad SMARTS) is 1. The number of halogens is 3. The largest absolute Gasteiger partial charge is 0.481 e. The molecule has 0 aliphatic carbocycles. The molecule has 0 amide bonds. The van der Waals surface area contributed by atoms with Crippen LogP contribution in [-0.4, -0.2) is 24.7 Å². The fourth-order valence-electron chi connectivity index (χ4n) is 1.70. The molecule has 1 aromatic rings. The number of carbonyl (C=O) groups is 1. The number of nitriles is 1. The zero-order chi connectivity index (χ0) is 15.5. The van der Waals surface area contributed by atoms with E-state index in [0.29, 0.717) is 5.69 Å². The van der Waals surface area contributed by atoms with Crippen LogP contribution in [-0.2, 0) is 11.0 Å². The highest BCUT2D eigenvalue weighted by Gasteiger charge is 2.33. The zero-order valence-electron chi connectivity index (χ0n) is 10.9. The molecule has 1 aromatic carbocycles. The number of carboxylic acids is 1. The Morgan fingerprint density at radius 3 is 2.55 bits per heavy atom. The van der Waals surface area contributed by atoms with Gasteiger partial charge in [0.2, 0.25) is 0 Å². The Labute approximate surface area is 114 Å². The van der Waals surface area contributed by atoms with Crippen LogP contribution in [0.2, 0.25) is 0 Å². The van der Waals surface area contributed by atoms with Gasteiger partial charge in [0.05, 0.1) is 23.1 Å². The number of aliphatic carboxylic acids is 1. The van der Waals surface area contributed by atoms with Crippen molar-refractivity contribution < 1.29 is 23.1 Å². The molecule has 1 atom stereocenters. The van der Waals surface area contributed by atoms with Crippen LogP contribution in [0.4, 0.5) is 18.9 Å². The Bertz CT molecular complexity index is 550. The van der Waals surface area contributed by atoms with E-state index in [1.165, 1.54) is 24.0 Å². The molecule has 0 aromatic heterocycles. The average molecular weight is 286 g/mol. The quantitative estimate of drug-likeness (QED) is 0.924. The van der Waals surface area contributed by atoms with Gasteiger partial charge in [0.25, 0.3) is 0 Å². The van der Waals surface area contributed by atoms with Crippen molar-refractivity contribution in [3.8, 4) is 6.07 Å². The maximum absolute atomic E-state index is 12.6. The van der Waals surface area contributed by atoms with Crippen LogP contribution in [0.1, 0.15) is 18.1 Å². The van der Waals surface area contributed by atoms with Gasteiger partial charge in [-0.1, -0.05) is 6.92 Å². The van der Waals surface area contributed by atoms with Crippen LogP contribution in [0.25, 0.3) is 0 Å². The molecular formula is C13H13F3N2O2. The lowest BCUT2D eigenvalue weighted by molar-refractivity contribution is -0.140. The highest BCUT2D eigenvalue weighted by atomic mass is 19.4. The summed E-state index contributed by atoms with van der Waals surface area (Å²) in [6, 6.07) is 4.67. The van der Waals surface area contributed by atoms with E-state index in [2.05, 4.69) is 0 Å². The van der Waals surface area contributed by atoms with Crippen molar-refractivity contribution >= 4 is 11.7 Å². The lowest BCUT2D eigenvalue weighted by atomic mass is 10.1. The van der Waals surface area contributed by atoms with Crippen molar-refractivity contribution in [2.24, 2.45) is 5.92 Å². The molecule has 1 unspecified atom stereocenters. The second-order valence-corrected chi connectivity index (χ2v) is 4.46. The van der Waals surface area contributed by atoms with Gasteiger partial charge >= 0.3 is 12.1 Å². The fraction of sp³-hybridized carbons (Fsp3) is 0.385. The van der Waals surface area contributed by atoms with Crippen molar-refractivity contribution in [1.29, 1.82) is 5.26 Å². The standard InChI is InChI=1S/C13H13F3N2O2/c1-8(12(19)20)7-18(2)10-3-4-11(13(14,15)16)9(5-10)6-17/h3-5,8H,7H2,1-2H3,(H,19,20). The molecular weight excluding hydrogens is 273 g/mol. The molecule has 0 saturated heterocycles. The highest BCUT2D eigenvalue weighted by molar-refractivity contribution is 5.70. The van der Waals surface area contributed by atoms with Crippen LogP contribution in [0.3, 0.4) is 0 Å². The first-order valence-electron chi connectivity index (χ1n) is 5.72. The van der Waals surface area contributed by atoms with Crippen LogP contribution in [0.5, 0.6) is 0 Å². The Hall–Kier alpha value is -2.23. The van der Waals surface area contributed by atoms with Crippen molar-refractivity contribution in [2.75, 3.05) is 18.5 Å². The highest BCUT2D eigenvalue weighted by Crippen LogP contribution is 2.33. The summed E-state index contributed by atoms with van der Waals surface area (Å²) >= 11 is 0. The molecule has 0 bridgehead atoms. The number of alkyl halides is 3. The van der Waals surface area contributed by atoms with Gasteiger partial charge in [0.1, 0.15) is 0 Å². The second kappa shape index (κ2) is 5.82. The minimum absolute atomic E-state index is 0.131. The third kappa shape index (κ3) is 3.63. The third-order valence-electron chi connectivity index (χ3n) is 2.84. The first-order chi connectivity index (χ1) is 9.16. The van der Waals surface area contributed by atoms with Crippen molar-refractivity contribution in [3.05, 3.63) is 29.3 Å². The van der Waals surface area contributed by atoms with Crippen LogP contribution in [0, 0.1) is 17.2 Å². The second-order valence-electron chi connectivity index (χ2n) is 4.46. The van der Waals surface area contributed by atoms with Gasteiger partial charge in [-0.05, 0) is 18.2 Å². The molecule has 1 N–H and O–H groups in total. The van der Waals surface area contributed by atoms with Crippen LogP contribution in [0.15, 0.2) is 18.2 Å². The number of anilines is 1. The van der Waals surface area contributed by atoms with E-state index in [-0.39, 0.29) is 6.54 Å². The maximum Gasteiger partial charge on any atom is 0.417 e. The van der Waals surface area contributed by atoms with E-state index in [1.54, 1.807) is 7.05 Å². The van der Waals surface area contributed by atoms with E-state index in [1.807, 2.05) is 0 Å². The monoisotopic (exact) mass is 286 g/mol. The number of nitrogens with zero attached hydrogens (tertiary/aromatic N) is 2. The van der Waals surface area contributed by atoms with Gasteiger partial charge in [0, 0.05) is 19.3 Å². The first-order valence-corrected chi connectivity index (χ1v) is 5.72. The predicted molar refractivity (Wildman–Crippen MR) is 66.2 cm³/mol. The van der Waals surface area contributed by atoms with Crippen LogP contribution >= 0.6 is 0 Å². The molecule has 0 fully saturated rings. The van der Waals surface area contributed by atoms with E-state index in [9.17, 15) is 18.0 Å². The summed E-state index contributed by atoms with van der Waals surface area (Å²) in [5.41, 5.74) is -1.11. The van der Waals surface area contributed by atoms with Crippen molar-refractivity contribution in [2.45, 2.75) is 13.1 Å². The zero-order valence-corrected chi connectivity index (χ0v) is 10.9. The van der Waals surface area contributed by atoms with Gasteiger partial charge in [-0.15, -0.1) is 0 Å². The fourth-order valence-corrected chi connectivity index (χ4v) is 1.70. The summed E-state index contributed by atoms with van der Waals surface area (Å²) in [5.74, 6) is -1.67. The molecule has 108 valence electrons. The van der Waals surface area contributed by atoms with Gasteiger partial charge in [-0.3, -0.25) is 4.79 Å². The molecule has 0 radical (unpaired) electrons. The number of rotatable bonds is 4. The summed E-state index contributed by atoms with van der Waals surface area (Å²) in [5, 5.41) is 17.6. The molecule has 7 heteroatoms. The molecule has 1 rings (SSSR count). The summed E-state index contributed by atoms with van der Waals surface area (Å²) in [6.07, 6.45) is -4.59. The molecule has 0 heterocycles. The van der Waals surface area contributed by atoms with Gasteiger partial charge < -0.3 is 10.0 Å². The number of benzene rings is 1. The maximum atomic E-state index is 12.6. The van der Waals surface area contributed by atoms with Gasteiger partial charge in [-0.25, -0.2) is 0 Å². The first kappa shape index (κ1) is 15.8.